The number of Topliss-reactive ketones (excluding diaryl/α,β-unsaturated/α-hetero) is 1. The van der Waals surface area contributed by atoms with Gasteiger partial charge >= 0.3 is 0 Å². The van der Waals surface area contributed by atoms with Crippen LogP contribution in [-0.2, 0) is 4.79 Å². The van der Waals surface area contributed by atoms with Gasteiger partial charge in [-0.1, -0.05) is 24.3 Å². The Morgan fingerprint density at radius 3 is 1.43 bits per heavy atom. The summed E-state index contributed by atoms with van der Waals surface area (Å²) >= 11 is 0. The van der Waals surface area contributed by atoms with Gasteiger partial charge in [0.05, 0.1) is 39.5 Å². The van der Waals surface area contributed by atoms with Crippen LogP contribution >= 0.6 is 0 Å². The van der Waals surface area contributed by atoms with Crippen molar-refractivity contribution in [1.29, 1.82) is 0 Å². The Morgan fingerprint density at radius 1 is 0.750 bits per heavy atom. The van der Waals surface area contributed by atoms with E-state index in [1.54, 1.807) is 14.2 Å². The van der Waals surface area contributed by atoms with E-state index in [0.717, 1.165) is 38.3 Å². The number of carbonyl (C=O) groups is 1. The molecule has 1 aliphatic rings. The molecular formula is C23H26INO3. The molecule has 2 aromatic rings. The lowest BCUT2D eigenvalue weighted by atomic mass is 9.93. The number of rotatable bonds is 4. The second kappa shape index (κ2) is 9.39. The molecule has 1 heterocycles. The molecular weight excluding hydrogens is 465 g/mol. The van der Waals surface area contributed by atoms with Gasteiger partial charge in [0, 0.05) is 0 Å². The molecule has 0 amide bonds. The standard InChI is InChI=1S/C23H26NO3.HI/c1-24(2)15-19(13-17-5-9-21(26-3)10-6-17)23(25)20(16-24)14-18-7-11-22(27-4)12-8-18;/h5-14H,15-16H2,1-4H3;1H/q+1;/p-1/b19-13-,20-14+;. The fourth-order valence-corrected chi connectivity index (χ4v) is 3.35. The third-order valence-electron chi connectivity index (χ3n) is 4.69. The molecule has 28 heavy (non-hydrogen) atoms. The minimum atomic E-state index is 0. The van der Waals surface area contributed by atoms with E-state index in [1.807, 2.05) is 60.7 Å². The highest BCUT2D eigenvalue weighted by Crippen LogP contribution is 2.25. The van der Waals surface area contributed by atoms with E-state index >= 15 is 0 Å². The van der Waals surface area contributed by atoms with Gasteiger partial charge in [-0.2, -0.15) is 0 Å². The highest BCUT2D eigenvalue weighted by atomic mass is 127. The van der Waals surface area contributed by atoms with Crippen LogP contribution in [0, 0.1) is 0 Å². The van der Waals surface area contributed by atoms with Gasteiger partial charge in [-0.25, -0.2) is 0 Å². The van der Waals surface area contributed by atoms with Gasteiger partial charge < -0.3 is 37.9 Å². The summed E-state index contributed by atoms with van der Waals surface area (Å²) in [5, 5.41) is 0. The van der Waals surface area contributed by atoms with Gasteiger partial charge in [0.2, 0.25) is 0 Å². The van der Waals surface area contributed by atoms with Gasteiger partial charge in [-0.3, -0.25) is 4.79 Å². The maximum Gasteiger partial charge on any atom is 0.196 e. The number of methoxy groups -OCH3 is 2. The number of ether oxygens (including phenoxy) is 2. The summed E-state index contributed by atoms with van der Waals surface area (Å²) in [5.74, 6) is 1.74. The van der Waals surface area contributed by atoms with E-state index in [9.17, 15) is 4.79 Å². The summed E-state index contributed by atoms with van der Waals surface area (Å²) in [4.78, 5) is 13.1. The number of piperidine rings is 1. The number of quaternary nitrogens is 1. The highest BCUT2D eigenvalue weighted by molar-refractivity contribution is 6.14. The van der Waals surface area contributed by atoms with Crippen molar-refractivity contribution in [3.05, 3.63) is 70.8 Å². The second-order valence-electron chi connectivity index (χ2n) is 7.47. The molecule has 0 atom stereocenters. The molecule has 0 spiro atoms. The molecule has 0 N–H and O–H groups in total. The van der Waals surface area contributed by atoms with Crippen molar-refractivity contribution in [2.45, 2.75) is 0 Å². The Hall–Kier alpha value is -2.12. The fourth-order valence-electron chi connectivity index (χ4n) is 3.35. The van der Waals surface area contributed by atoms with Crippen molar-refractivity contribution in [3.8, 4) is 11.5 Å². The first-order valence-electron chi connectivity index (χ1n) is 8.96. The molecule has 0 aliphatic carbocycles. The molecule has 5 heteroatoms. The predicted molar refractivity (Wildman–Crippen MR) is 109 cm³/mol. The summed E-state index contributed by atoms with van der Waals surface area (Å²) in [7, 11) is 7.59. The van der Waals surface area contributed by atoms with Crippen LogP contribution in [0.5, 0.6) is 11.5 Å². The van der Waals surface area contributed by atoms with Gasteiger partial charge in [-0.15, -0.1) is 0 Å². The highest BCUT2D eigenvalue weighted by Gasteiger charge is 2.33. The van der Waals surface area contributed by atoms with Crippen LogP contribution in [0.25, 0.3) is 12.2 Å². The molecule has 1 saturated heterocycles. The van der Waals surface area contributed by atoms with Gasteiger partial charge in [0.1, 0.15) is 24.6 Å². The lowest BCUT2D eigenvalue weighted by Gasteiger charge is -2.35. The molecule has 0 aromatic heterocycles. The topological polar surface area (TPSA) is 35.5 Å². The average Bonchev–Trinajstić information content (AvgIpc) is 2.66. The van der Waals surface area contributed by atoms with Gasteiger partial charge in [0.25, 0.3) is 0 Å². The molecule has 0 bridgehead atoms. The number of halogens is 1. The van der Waals surface area contributed by atoms with Crippen LogP contribution in [0.2, 0.25) is 0 Å². The summed E-state index contributed by atoms with van der Waals surface area (Å²) in [5.41, 5.74) is 3.67. The number of benzene rings is 2. The zero-order valence-corrected chi connectivity index (χ0v) is 18.9. The van der Waals surface area contributed by atoms with Gasteiger partial charge in [0.15, 0.2) is 5.78 Å². The van der Waals surface area contributed by atoms with Crippen molar-refractivity contribution >= 4 is 17.9 Å². The van der Waals surface area contributed by atoms with Crippen molar-refractivity contribution in [2.75, 3.05) is 41.4 Å². The third-order valence-corrected chi connectivity index (χ3v) is 4.69. The zero-order chi connectivity index (χ0) is 19.4. The van der Waals surface area contributed by atoms with E-state index in [-0.39, 0.29) is 29.8 Å². The molecule has 0 unspecified atom stereocenters. The number of likely N-dealkylation sites (N-methyl/N-ethyl adjacent to an activating group) is 1. The SMILES string of the molecule is COc1ccc(/C=C2/C[N+](C)(C)C/C(=C\c3ccc(OC)cc3)C2=O)cc1.[I-]. The summed E-state index contributed by atoms with van der Waals surface area (Å²) in [6.45, 7) is 1.43. The predicted octanol–water partition coefficient (Wildman–Crippen LogP) is 0.834. The van der Waals surface area contributed by atoms with E-state index < -0.39 is 0 Å². The summed E-state index contributed by atoms with van der Waals surface area (Å²) in [6, 6.07) is 15.5. The van der Waals surface area contributed by atoms with Crippen molar-refractivity contribution < 1.29 is 42.7 Å². The first kappa shape index (κ1) is 22.2. The monoisotopic (exact) mass is 491 g/mol. The summed E-state index contributed by atoms with van der Waals surface area (Å²) in [6.07, 6.45) is 3.98. The Balaban J connectivity index is 0.00000280. The molecule has 1 fully saturated rings. The fraction of sp³-hybridized carbons (Fsp3) is 0.261. The molecule has 0 saturated carbocycles. The van der Waals surface area contributed by atoms with Crippen LogP contribution in [0.3, 0.4) is 0 Å². The van der Waals surface area contributed by atoms with E-state index in [1.165, 1.54) is 0 Å². The number of nitrogens with zero attached hydrogens (tertiary/aromatic N) is 1. The molecule has 148 valence electrons. The zero-order valence-electron chi connectivity index (χ0n) is 16.7. The second-order valence-corrected chi connectivity index (χ2v) is 7.47. The Bertz CT molecular complexity index is 810. The van der Waals surface area contributed by atoms with E-state index in [0.29, 0.717) is 13.1 Å². The first-order chi connectivity index (χ1) is 12.9. The van der Waals surface area contributed by atoms with E-state index in [2.05, 4.69) is 14.1 Å². The van der Waals surface area contributed by atoms with Crippen LogP contribution in [0.15, 0.2) is 59.7 Å². The molecule has 2 aromatic carbocycles. The van der Waals surface area contributed by atoms with E-state index in [4.69, 9.17) is 9.47 Å². The van der Waals surface area contributed by atoms with Crippen LogP contribution in [0.4, 0.5) is 0 Å². The third kappa shape index (κ3) is 5.45. The van der Waals surface area contributed by atoms with Crippen LogP contribution in [0.1, 0.15) is 11.1 Å². The Kier molecular flexibility index (Phi) is 7.43. The first-order valence-corrected chi connectivity index (χ1v) is 8.96. The number of carbonyl (C=O) groups excluding carboxylic acids is 1. The summed E-state index contributed by atoms with van der Waals surface area (Å²) < 4.78 is 11.2. The number of hydrogen-bond acceptors (Lipinski definition) is 3. The van der Waals surface area contributed by atoms with Crippen LogP contribution in [-0.4, -0.2) is 51.7 Å². The minimum Gasteiger partial charge on any atom is -1.00 e. The molecule has 1 aliphatic heterocycles. The maximum absolute atomic E-state index is 13.1. The average molecular weight is 491 g/mol. The normalized spacial score (nSPS) is 18.6. The largest absolute Gasteiger partial charge is 1.00 e. The molecule has 0 radical (unpaired) electrons. The Morgan fingerprint density at radius 2 is 1.11 bits per heavy atom. The smallest absolute Gasteiger partial charge is 0.196 e. The molecule has 3 rings (SSSR count). The van der Waals surface area contributed by atoms with Gasteiger partial charge in [-0.05, 0) is 47.5 Å². The lowest BCUT2D eigenvalue weighted by Crippen LogP contribution is -3.00. The number of ketones is 1. The molecule has 4 nitrogen and oxygen atoms in total. The number of hydrogen-bond donors (Lipinski definition) is 0. The number of likely N-dealkylation sites (tertiary alicyclic amines) is 1. The maximum atomic E-state index is 13.1. The van der Waals surface area contributed by atoms with Crippen molar-refractivity contribution in [1.82, 2.24) is 0 Å². The quantitative estimate of drug-likeness (QED) is 0.362. The van der Waals surface area contributed by atoms with Crippen molar-refractivity contribution in [2.24, 2.45) is 0 Å². The van der Waals surface area contributed by atoms with Crippen LogP contribution < -0.4 is 33.5 Å². The Labute approximate surface area is 184 Å². The minimum absolute atomic E-state index is 0. The van der Waals surface area contributed by atoms with Crippen molar-refractivity contribution in [3.63, 3.8) is 0 Å². The lowest BCUT2D eigenvalue weighted by molar-refractivity contribution is -0.881.